The molecule has 2 aliphatic heterocycles. The lowest BCUT2D eigenvalue weighted by atomic mass is 9.88. The van der Waals surface area contributed by atoms with Crippen LogP contribution in [0.15, 0.2) is 24.3 Å². The standard InChI is InChI=1S/C17H20F2N2O4/c1-10(22)20-6-13-7-21(17(23)25-13)12-4-2-11(3-5-12)16-14(18)8-24-9-15(16)19/h2-5,13-16H,6-9H2,1H3,(H,20,22)/t13-,14?,15?,16?/m0/s1. The number of carbonyl (C=O) groups excluding carboxylic acids is 2. The summed E-state index contributed by atoms with van der Waals surface area (Å²) in [7, 11) is 0. The van der Waals surface area contributed by atoms with Gasteiger partial charge in [0.2, 0.25) is 5.91 Å². The monoisotopic (exact) mass is 354 g/mol. The molecule has 2 aliphatic rings. The molecule has 2 fully saturated rings. The van der Waals surface area contributed by atoms with Crippen LogP contribution in [0.1, 0.15) is 18.4 Å². The predicted molar refractivity (Wildman–Crippen MR) is 86.1 cm³/mol. The lowest BCUT2D eigenvalue weighted by molar-refractivity contribution is -0.119. The molecule has 136 valence electrons. The van der Waals surface area contributed by atoms with Gasteiger partial charge in [-0.1, -0.05) is 12.1 Å². The van der Waals surface area contributed by atoms with Gasteiger partial charge in [0.05, 0.1) is 32.2 Å². The van der Waals surface area contributed by atoms with E-state index in [2.05, 4.69) is 5.32 Å². The number of rotatable bonds is 4. The average Bonchev–Trinajstić information content (AvgIpc) is 2.94. The normalized spacial score (nSPS) is 29.4. The number of amides is 2. The summed E-state index contributed by atoms with van der Waals surface area (Å²) in [5.74, 6) is -1.06. The van der Waals surface area contributed by atoms with Crippen molar-refractivity contribution in [2.45, 2.75) is 31.3 Å². The molecule has 2 amide bonds. The van der Waals surface area contributed by atoms with E-state index in [1.54, 1.807) is 24.3 Å². The Balaban J connectivity index is 1.68. The third-order valence-electron chi connectivity index (χ3n) is 4.38. The minimum Gasteiger partial charge on any atom is -0.442 e. The molecule has 2 saturated heterocycles. The molecule has 1 aromatic rings. The Morgan fingerprint density at radius 2 is 1.88 bits per heavy atom. The lowest BCUT2D eigenvalue weighted by Crippen LogP contribution is -2.36. The molecule has 0 radical (unpaired) electrons. The fourth-order valence-electron chi connectivity index (χ4n) is 3.12. The summed E-state index contributed by atoms with van der Waals surface area (Å²) in [4.78, 5) is 24.3. The zero-order chi connectivity index (χ0) is 18.0. The van der Waals surface area contributed by atoms with Gasteiger partial charge < -0.3 is 14.8 Å². The summed E-state index contributed by atoms with van der Waals surface area (Å²) >= 11 is 0. The Kier molecular flexibility index (Phi) is 5.17. The second-order valence-corrected chi connectivity index (χ2v) is 6.24. The van der Waals surface area contributed by atoms with Crippen molar-refractivity contribution in [2.24, 2.45) is 0 Å². The maximum absolute atomic E-state index is 14.0. The quantitative estimate of drug-likeness (QED) is 0.897. The second-order valence-electron chi connectivity index (χ2n) is 6.24. The van der Waals surface area contributed by atoms with Crippen LogP contribution in [0.25, 0.3) is 0 Å². The van der Waals surface area contributed by atoms with Crippen molar-refractivity contribution in [1.82, 2.24) is 5.32 Å². The Bertz CT molecular complexity index is 630. The molecular formula is C17H20F2N2O4. The van der Waals surface area contributed by atoms with Gasteiger partial charge in [0.1, 0.15) is 18.4 Å². The number of benzene rings is 1. The molecule has 0 bridgehead atoms. The number of nitrogens with one attached hydrogen (secondary N) is 1. The number of ether oxygens (including phenoxy) is 2. The van der Waals surface area contributed by atoms with E-state index < -0.39 is 30.5 Å². The molecule has 0 spiro atoms. The number of halogens is 2. The summed E-state index contributed by atoms with van der Waals surface area (Å²) < 4.78 is 38.0. The van der Waals surface area contributed by atoms with E-state index in [4.69, 9.17) is 9.47 Å². The minimum absolute atomic E-state index is 0.115. The van der Waals surface area contributed by atoms with Crippen LogP contribution in [0.3, 0.4) is 0 Å². The molecule has 0 aromatic heterocycles. The number of nitrogens with zero attached hydrogens (tertiary/aromatic N) is 1. The number of anilines is 1. The van der Waals surface area contributed by atoms with E-state index in [1.165, 1.54) is 11.8 Å². The van der Waals surface area contributed by atoms with Gasteiger partial charge in [-0.25, -0.2) is 13.6 Å². The molecule has 0 saturated carbocycles. The van der Waals surface area contributed by atoms with Crippen molar-refractivity contribution in [1.29, 1.82) is 0 Å². The maximum Gasteiger partial charge on any atom is 0.414 e. The van der Waals surface area contributed by atoms with Crippen LogP contribution in [0.5, 0.6) is 0 Å². The van der Waals surface area contributed by atoms with E-state index in [-0.39, 0.29) is 25.7 Å². The first-order chi connectivity index (χ1) is 12.0. The molecule has 25 heavy (non-hydrogen) atoms. The molecule has 1 aromatic carbocycles. The van der Waals surface area contributed by atoms with Crippen molar-refractivity contribution in [3.05, 3.63) is 29.8 Å². The van der Waals surface area contributed by atoms with E-state index in [9.17, 15) is 18.4 Å². The molecule has 8 heteroatoms. The summed E-state index contributed by atoms with van der Waals surface area (Å²) in [6.07, 6.45) is -3.74. The van der Waals surface area contributed by atoms with Crippen LogP contribution in [-0.2, 0) is 14.3 Å². The van der Waals surface area contributed by atoms with Crippen molar-refractivity contribution in [3.8, 4) is 0 Å². The van der Waals surface area contributed by atoms with E-state index in [0.717, 1.165) is 0 Å². The SMILES string of the molecule is CC(=O)NC[C@H]1CN(c2ccc(C3C(F)COCC3F)cc2)C(=O)O1. The molecule has 0 aliphatic carbocycles. The number of cyclic esters (lactones) is 1. The zero-order valence-electron chi connectivity index (χ0n) is 13.8. The fourth-order valence-corrected chi connectivity index (χ4v) is 3.12. The van der Waals surface area contributed by atoms with Crippen LogP contribution < -0.4 is 10.2 Å². The molecule has 2 heterocycles. The summed E-state index contributed by atoms with van der Waals surface area (Å²) in [6.45, 7) is 1.70. The van der Waals surface area contributed by atoms with Crippen LogP contribution >= 0.6 is 0 Å². The van der Waals surface area contributed by atoms with Gasteiger partial charge in [0.25, 0.3) is 0 Å². The Morgan fingerprint density at radius 3 is 2.48 bits per heavy atom. The van der Waals surface area contributed by atoms with Crippen LogP contribution in [0, 0.1) is 0 Å². The third-order valence-corrected chi connectivity index (χ3v) is 4.38. The van der Waals surface area contributed by atoms with Crippen LogP contribution in [0.4, 0.5) is 19.3 Å². The second kappa shape index (κ2) is 7.35. The van der Waals surface area contributed by atoms with Gasteiger partial charge in [-0.15, -0.1) is 0 Å². The molecule has 2 unspecified atom stereocenters. The maximum atomic E-state index is 14.0. The van der Waals surface area contributed by atoms with Crippen molar-refractivity contribution in [3.63, 3.8) is 0 Å². The number of alkyl halides is 2. The van der Waals surface area contributed by atoms with Gasteiger partial charge in [0.15, 0.2) is 0 Å². The topological polar surface area (TPSA) is 67.9 Å². The first kappa shape index (κ1) is 17.6. The number of hydrogen-bond acceptors (Lipinski definition) is 4. The van der Waals surface area contributed by atoms with Gasteiger partial charge in [-0.3, -0.25) is 9.69 Å². The highest BCUT2D eigenvalue weighted by atomic mass is 19.1. The van der Waals surface area contributed by atoms with Crippen molar-refractivity contribution >= 4 is 17.7 Å². The smallest absolute Gasteiger partial charge is 0.414 e. The molecule has 6 nitrogen and oxygen atoms in total. The van der Waals surface area contributed by atoms with Crippen LogP contribution in [-0.4, -0.2) is 56.8 Å². The van der Waals surface area contributed by atoms with Crippen molar-refractivity contribution in [2.75, 3.05) is 31.2 Å². The molecule has 3 atom stereocenters. The fraction of sp³-hybridized carbons (Fsp3) is 0.529. The molecular weight excluding hydrogens is 334 g/mol. The lowest BCUT2D eigenvalue weighted by Gasteiger charge is -2.30. The van der Waals surface area contributed by atoms with E-state index in [1.807, 2.05) is 0 Å². The number of hydrogen-bond donors (Lipinski definition) is 1. The average molecular weight is 354 g/mol. The largest absolute Gasteiger partial charge is 0.442 e. The highest BCUT2D eigenvalue weighted by Gasteiger charge is 2.36. The van der Waals surface area contributed by atoms with Crippen molar-refractivity contribution < 1.29 is 27.8 Å². The van der Waals surface area contributed by atoms with Gasteiger partial charge >= 0.3 is 6.09 Å². The third kappa shape index (κ3) is 3.89. The minimum atomic E-state index is -1.40. The van der Waals surface area contributed by atoms with Gasteiger partial charge in [-0.05, 0) is 17.7 Å². The Hall–Kier alpha value is -2.22. The van der Waals surface area contributed by atoms with E-state index in [0.29, 0.717) is 17.8 Å². The Morgan fingerprint density at radius 1 is 1.24 bits per heavy atom. The molecule has 1 N–H and O–H groups in total. The van der Waals surface area contributed by atoms with Crippen LogP contribution in [0.2, 0.25) is 0 Å². The summed E-state index contributed by atoms with van der Waals surface area (Å²) in [5.41, 5.74) is 1.12. The highest BCUT2D eigenvalue weighted by Crippen LogP contribution is 2.33. The molecule has 3 rings (SSSR count). The highest BCUT2D eigenvalue weighted by molar-refractivity contribution is 5.89. The van der Waals surface area contributed by atoms with E-state index >= 15 is 0 Å². The summed E-state index contributed by atoms with van der Waals surface area (Å²) in [6, 6.07) is 6.54. The Labute approximate surface area is 144 Å². The van der Waals surface area contributed by atoms with Gasteiger partial charge in [0, 0.05) is 12.6 Å². The first-order valence-electron chi connectivity index (χ1n) is 8.14. The first-order valence-corrected chi connectivity index (χ1v) is 8.14. The van der Waals surface area contributed by atoms with Gasteiger partial charge in [-0.2, -0.15) is 0 Å². The predicted octanol–water partition coefficient (Wildman–Crippen LogP) is 1.94. The number of carbonyl (C=O) groups is 2. The zero-order valence-corrected chi connectivity index (χ0v) is 13.8. The summed E-state index contributed by atoms with van der Waals surface area (Å²) in [5, 5.41) is 2.60.